The third-order valence-electron chi connectivity index (χ3n) is 3.72. The van der Waals surface area contributed by atoms with Crippen molar-refractivity contribution in [3.05, 3.63) is 29.8 Å². The number of hydrogen-bond donors (Lipinski definition) is 2. The molecule has 0 aliphatic heterocycles. The Kier molecular flexibility index (Phi) is 8.92. The van der Waals surface area contributed by atoms with E-state index < -0.39 is 10.0 Å². The molecule has 0 aliphatic carbocycles. The number of guanidine groups is 1. The van der Waals surface area contributed by atoms with Crippen molar-refractivity contribution in [2.75, 3.05) is 27.2 Å². The topological polar surface area (TPSA) is 73.8 Å². The molecule has 0 unspecified atom stereocenters. The summed E-state index contributed by atoms with van der Waals surface area (Å²) in [7, 11) is -0.325. The summed E-state index contributed by atoms with van der Waals surface area (Å²) in [5.74, 6) is 1.49. The molecular formula is C18H32N4O2S. The van der Waals surface area contributed by atoms with Gasteiger partial charge >= 0.3 is 0 Å². The monoisotopic (exact) mass is 368 g/mol. The fraction of sp³-hybridized carbons (Fsp3) is 0.611. The van der Waals surface area contributed by atoms with Crippen molar-refractivity contribution in [3.63, 3.8) is 0 Å². The van der Waals surface area contributed by atoms with Crippen molar-refractivity contribution >= 4 is 16.0 Å². The summed E-state index contributed by atoms with van der Waals surface area (Å²) < 4.78 is 25.3. The quantitative estimate of drug-likeness (QED) is 0.399. The molecule has 0 spiro atoms. The Morgan fingerprint density at radius 1 is 1.16 bits per heavy atom. The average molecular weight is 369 g/mol. The van der Waals surface area contributed by atoms with E-state index in [1.54, 1.807) is 12.1 Å². The lowest BCUT2D eigenvalue weighted by molar-refractivity contribution is 0.520. The van der Waals surface area contributed by atoms with Gasteiger partial charge in [-0.15, -0.1) is 0 Å². The summed E-state index contributed by atoms with van der Waals surface area (Å²) in [5.41, 5.74) is 0.970. The van der Waals surface area contributed by atoms with E-state index in [1.165, 1.54) is 24.8 Å². The first-order valence-electron chi connectivity index (χ1n) is 8.81. The van der Waals surface area contributed by atoms with Crippen molar-refractivity contribution in [2.45, 2.75) is 45.1 Å². The molecular weight excluding hydrogens is 336 g/mol. The molecule has 0 fully saturated rings. The maximum Gasteiger partial charge on any atom is 0.242 e. The summed E-state index contributed by atoms with van der Waals surface area (Å²) in [6, 6.07) is 6.87. The third kappa shape index (κ3) is 7.44. The predicted molar refractivity (Wildman–Crippen MR) is 104 cm³/mol. The highest BCUT2D eigenvalue weighted by atomic mass is 32.2. The van der Waals surface area contributed by atoms with Crippen LogP contribution in [0.5, 0.6) is 0 Å². The Bertz CT molecular complexity index is 638. The lowest BCUT2D eigenvalue weighted by Crippen LogP contribution is -2.37. The lowest BCUT2D eigenvalue weighted by atomic mass is 10.1. The van der Waals surface area contributed by atoms with Gasteiger partial charge in [-0.2, -0.15) is 0 Å². The van der Waals surface area contributed by atoms with Crippen LogP contribution in [-0.4, -0.2) is 45.9 Å². The smallest absolute Gasteiger partial charge is 0.242 e. The molecule has 6 nitrogen and oxygen atoms in total. The van der Waals surface area contributed by atoms with Crippen LogP contribution in [0.3, 0.4) is 0 Å². The molecule has 0 aromatic heterocycles. The van der Waals surface area contributed by atoms with E-state index in [0.29, 0.717) is 17.4 Å². The molecule has 1 aromatic rings. The highest BCUT2D eigenvalue weighted by molar-refractivity contribution is 7.89. The normalized spacial score (nSPS) is 12.7. The van der Waals surface area contributed by atoms with Gasteiger partial charge in [0.15, 0.2) is 5.96 Å². The van der Waals surface area contributed by atoms with Gasteiger partial charge in [-0.05, 0) is 43.4 Å². The average Bonchev–Trinajstić information content (AvgIpc) is 2.56. The molecule has 0 aliphatic rings. The van der Waals surface area contributed by atoms with Gasteiger partial charge in [-0.3, -0.25) is 0 Å². The van der Waals surface area contributed by atoms with Crippen molar-refractivity contribution in [2.24, 2.45) is 10.9 Å². The first kappa shape index (κ1) is 21.4. The van der Waals surface area contributed by atoms with Crippen LogP contribution in [0.15, 0.2) is 34.2 Å². The highest BCUT2D eigenvalue weighted by Gasteiger charge is 2.16. The molecule has 7 heteroatoms. The number of aliphatic imine (C=N–C) groups is 1. The van der Waals surface area contributed by atoms with E-state index in [4.69, 9.17) is 0 Å². The number of sulfonamides is 1. The van der Waals surface area contributed by atoms with Crippen LogP contribution in [0.25, 0.3) is 0 Å². The number of rotatable bonds is 9. The van der Waals surface area contributed by atoms with Crippen LogP contribution in [0, 0.1) is 5.92 Å². The second-order valence-electron chi connectivity index (χ2n) is 6.59. The third-order valence-corrected chi connectivity index (χ3v) is 5.55. The van der Waals surface area contributed by atoms with E-state index in [0.717, 1.165) is 31.0 Å². The molecule has 0 bridgehead atoms. The minimum Gasteiger partial charge on any atom is -0.357 e. The zero-order valence-corrected chi connectivity index (χ0v) is 16.9. The van der Waals surface area contributed by atoms with Gasteiger partial charge in [0.25, 0.3) is 0 Å². The van der Waals surface area contributed by atoms with Crippen LogP contribution in [0.2, 0.25) is 0 Å². The van der Waals surface area contributed by atoms with Crippen LogP contribution >= 0.6 is 0 Å². The number of hydrogen-bond acceptors (Lipinski definition) is 3. The fourth-order valence-corrected chi connectivity index (χ4v) is 3.11. The Labute approximate surface area is 152 Å². The summed E-state index contributed by atoms with van der Waals surface area (Å²) >= 11 is 0. The highest BCUT2D eigenvalue weighted by Crippen LogP contribution is 2.14. The Morgan fingerprint density at radius 2 is 1.80 bits per heavy atom. The molecule has 1 rings (SSSR count). The molecule has 0 amide bonds. The molecule has 1 aromatic carbocycles. The van der Waals surface area contributed by atoms with E-state index in [-0.39, 0.29) is 0 Å². The van der Waals surface area contributed by atoms with Crippen LogP contribution in [0.1, 0.15) is 39.2 Å². The first-order chi connectivity index (χ1) is 11.8. The van der Waals surface area contributed by atoms with Gasteiger partial charge in [-0.1, -0.05) is 26.0 Å². The first-order valence-corrected chi connectivity index (χ1v) is 10.2. The molecule has 0 heterocycles. The van der Waals surface area contributed by atoms with Gasteiger partial charge in [0.05, 0.1) is 11.4 Å². The standard InChI is InChI=1S/C18H32N4O2S/c1-6-19-18(20-13-7-8-15(2)3)21-14-16-9-11-17(12-10-16)25(23,24)22(4)5/h9-12,15H,6-8,13-14H2,1-5H3,(H2,19,20,21). The van der Waals surface area contributed by atoms with Gasteiger partial charge < -0.3 is 10.6 Å². The second-order valence-corrected chi connectivity index (χ2v) is 8.74. The van der Waals surface area contributed by atoms with Crippen LogP contribution in [-0.2, 0) is 16.6 Å². The predicted octanol–water partition coefficient (Wildman–Crippen LogP) is 2.43. The summed E-state index contributed by atoms with van der Waals surface area (Å²) in [4.78, 5) is 4.86. The molecule has 2 N–H and O–H groups in total. The second kappa shape index (κ2) is 10.4. The zero-order valence-electron chi connectivity index (χ0n) is 16.0. The van der Waals surface area contributed by atoms with Crippen molar-refractivity contribution in [1.82, 2.24) is 14.9 Å². The Morgan fingerprint density at radius 3 is 2.32 bits per heavy atom. The molecule has 0 saturated heterocycles. The minimum absolute atomic E-state index is 0.295. The lowest BCUT2D eigenvalue weighted by Gasteiger charge is -2.13. The van der Waals surface area contributed by atoms with Crippen LogP contribution < -0.4 is 10.6 Å². The SMILES string of the molecule is CCNC(=NCc1ccc(S(=O)(=O)N(C)C)cc1)NCCCC(C)C. The maximum absolute atomic E-state index is 12.1. The number of nitrogens with one attached hydrogen (secondary N) is 2. The summed E-state index contributed by atoms with van der Waals surface area (Å²) in [6.07, 6.45) is 2.30. The zero-order chi connectivity index (χ0) is 18.9. The Balaban J connectivity index is 2.66. The van der Waals surface area contributed by atoms with E-state index >= 15 is 0 Å². The number of benzene rings is 1. The largest absolute Gasteiger partial charge is 0.357 e. The van der Waals surface area contributed by atoms with Gasteiger partial charge in [0.1, 0.15) is 0 Å². The summed E-state index contributed by atoms with van der Waals surface area (Å²) in [5, 5.41) is 6.56. The Hall–Kier alpha value is -1.60. The van der Waals surface area contributed by atoms with E-state index in [2.05, 4.69) is 29.5 Å². The van der Waals surface area contributed by atoms with Gasteiger partial charge in [-0.25, -0.2) is 17.7 Å². The summed E-state index contributed by atoms with van der Waals surface area (Å²) in [6.45, 7) is 8.67. The molecule has 25 heavy (non-hydrogen) atoms. The minimum atomic E-state index is -3.38. The van der Waals surface area contributed by atoms with Crippen molar-refractivity contribution in [1.29, 1.82) is 0 Å². The maximum atomic E-state index is 12.1. The molecule has 0 saturated carbocycles. The van der Waals surface area contributed by atoms with Crippen molar-refractivity contribution in [3.8, 4) is 0 Å². The number of nitrogens with zero attached hydrogens (tertiary/aromatic N) is 2. The van der Waals surface area contributed by atoms with E-state index in [1.807, 2.05) is 19.1 Å². The van der Waals surface area contributed by atoms with Gasteiger partial charge in [0.2, 0.25) is 10.0 Å². The molecule has 0 radical (unpaired) electrons. The van der Waals surface area contributed by atoms with Crippen LogP contribution in [0.4, 0.5) is 0 Å². The molecule has 142 valence electrons. The van der Waals surface area contributed by atoms with Gasteiger partial charge in [0, 0.05) is 27.2 Å². The van der Waals surface area contributed by atoms with Crippen molar-refractivity contribution < 1.29 is 8.42 Å². The fourth-order valence-electron chi connectivity index (χ4n) is 2.21. The van der Waals surface area contributed by atoms with E-state index in [9.17, 15) is 8.42 Å². The molecule has 0 atom stereocenters.